The van der Waals surface area contributed by atoms with Crippen LogP contribution < -0.4 is 11.1 Å². The van der Waals surface area contributed by atoms with Gasteiger partial charge in [0, 0.05) is 30.4 Å². The summed E-state index contributed by atoms with van der Waals surface area (Å²) in [4.78, 5) is 14.6. The summed E-state index contributed by atoms with van der Waals surface area (Å²) in [6.07, 6.45) is 2.67. The van der Waals surface area contributed by atoms with Gasteiger partial charge in [-0.05, 0) is 44.4 Å². The minimum atomic E-state index is -0.244. The SMILES string of the molecule is Cc1c(N)cccc1NC(=O)C(C)N(CCC#N)C1CC1. The molecule has 0 radical (unpaired) electrons. The molecular formula is C16H22N4O. The van der Waals surface area contributed by atoms with E-state index in [1.165, 1.54) is 0 Å². The Hall–Kier alpha value is -2.06. The second kappa shape index (κ2) is 6.59. The van der Waals surface area contributed by atoms with Gasteiger partial charge in [0.25, 0.3) is 0 Å². The van der Waals surface area contributed by atoms with Crippen molar-refractivity contribution < 1.29 is 4.79 Å². The number of nitrogens with zero attached hydrogens (tertiary/aromatic N) is 2. The Morgan fingerprint density at radius 3 is 2.90 bits per heavy atom. The quantitative estimate of drug-likeness (QED) is 0.786. The van der Waals surface area contributed by atoms with Gasteiger partial charge in [-0.2, -0.15) is 5.26 Å². The molecule has 21 heavy (non-hydrogen) atoms. The molecular weight excluding hydrogens is 264 g/mol. The van der Waals surface area contributed by atoms with Crippen LogP contribution in [-0.2, 0) is 4.79 Å². The molecule has 0 aromatic heterocycles. The predicted molar refractivity (Wildman–Crippen MR) is 83.6 cm³/mol. The average molecular weight is 286 g/mol. The van der Waals surface area contributed by atoms with Crippen molar-refractivity contribution in [3.05, 3.63) is 23.8 Å². The van der Waals surface area contributed by atoms with Gasteiger partial charge in [0.1, 0.15) is 0 Å². The third kappa shape index (κ3) is 3.73. The molecule has 1 aromatic rings. The lowest BCUT2D eigenvalue weighted by Gasteiger charge is -2.27. The molecule has 1 amide bonds. The van der Waals surface area contributed by atoms with Crippen LogP contribution in [0, 0.1) is 18.3 Å². The maximum atomic E-state index is 12.4. The molecule has 3 N–H and O–H groups in total. The highest BCUT2D eigenvalue weighted by Crippen LogP contribution is 2.29. The average Bonchev–Trinajstić information content (AvgIpc) is 3.28. The summed E-state index contributed by atoms with van der Waals surface area (Å²) in [6, 6.07) is 7.85. The van der Waals surface area contributed by atoms with Gasteiger partial charge in [-0.3, -0.25) is 9.69 Å². The standard InChI is InChI=1S/C16H22N4O/c1-11-14(18)5-3-6-15(11)19-16(21)12(2)20(10-4-9-17)13-7-8-13/h3,5-6,12-13H,4,7-8,10,18H2,1-2H3,(H,19,21). The fraction of sp³-hybridized carbons (Fsp3) is 0.500. The minimum absolute atomic E-state index is 0.0476. The van der Waals surface area contributed by atoms with Crippen LogP contribution in [0.4, 0.5) is 11.4 Å². The number of carbonyl (C=O) groups is 1. The van der Waals surface area contributed by atoms with Crippen LogP contribution in [0.1, 0.15) is 31.7 Å². The van der Waals surface area contributed by atoms with Crippen LogP contribution in [0.2, 0.25) is 0 Å². The molecule has 1 unspecified atom stereocenters. The van der Waals surface area contributed by atoms with Crippen LogP contribution in [0.25, 0.3) is 0 Å². The lowest BCUT2D eigenvalue weighted by molar-refractivity contribution is -0.121. The summed E-state index contributed by atoms with van der Waals surface area (Å²) >= 11 is 0. The zero-order valence-corrected chi connectivity index (χ0v) is 12.6. The third-order valence-electron chi connectivity index (χ3n) is 4.01. The number of rotatable bonds is 6. The van der Waals surface area contributed by atoms with Gasteiger partial charge in [-0.1, -0.05) is 6.07 Å². The highest BCUT2D eigenvalue weighted by Gasteiger charge is 2.34. The van der Waals surface area contributed by atoms with Crippen LogP contribution in [-0.4, -0.2) is 29.4 Å². The lowest BCUT2D eigenvalue weighted by Crippen LogP contribution is -2.43. The number of nitrogens with two attached hydrogens (primary N) is 1. The van der Waals surface area contributed by atoms with Crippen molar-refractivity contribution in [1.82, 2.24) is 4.90 Å². The summed E-state index contributed by atoms with van der Waals surface area (Å²) in [5.74, 6) is -0.0476. The van der Waals surface area contributed by atoms with E-state index in [0.717, 1.165) is 24.1 Å². The monoisotopic (exact) mass is 286 g/mol. The maximum absolute atomic E-state index is 12.4. The summed E-state index contributed by atoms with van der Waals surface area (Å²) in [5, 5.41) is 11.7. The van der Waals surface area contributed by atoms with Crippen molar-refractivity contribution in [2.24, 2.45) is 0 Å². The van der Waals surface area contributed by atoms with Gasteiger partial charge in [-0.15, -0.1) is 0 Å². The molecule has 1 atom stereocenters. The molecule has 0 spiro atoms. The highest BCUT2D eigenvalue weighted by atomic mass is 16.2. The largest absolute Gasteiger partial charge is 0.398 e. The van der Waals surface area contributed by atoms with E-state index in [0.29, 0.717) is 24.7 Å². The summed E-state index contributed by atoms with van der Waals surface area (Å²) in [5.41, 5.74) is 8.16. The molecule has 5 heteroatoms. The van der Waals surface area contributed by atoms with Gasteiger partial charge in [0.15, 0.2) is 0 Å². The molecule has 1 saturated carbocycles. The van der Waals surface area contributed by atoms with Crippen LogP contribution in [0.5, 0.6) is 0 Å². The van der Waals surface area contributed by atoms with E-state index in [1.807, 2.05) is 32.0 Å². The Morgan fingerprint density at radius 2 is 2.29 bits per heavy atom. The van der Waals surface area contributed by atoms with Crippen molar-refractivity contribution in [1.29, 1.82) is 5.26 Å². The van der Waals surface area contributed by atoms with Crippen molar-refractivity contribution in [3.63, 3.8) is 0 Å². The fourth-order valence-electron chi connectivity index (χ4n) is 2.45. The first-order valence-corrected chi connectivity index (χ1v) is 7.33. The minimum Gasteiger partial charge on any atom is -0.398 e. The van der Waals surface area contributed by atoms with E-state index in [2.05, 4.69) is 16.3 Å². The van der Waals surface area contributed by atoms with E-state index >= 15 is 0 Å². The number of nitriles is 1. The van der Waals surface area contributed by atoms with Gasteiger partial charge in [0.05, 0.1) is 12.1 Å². The van der Waals surface area contributed by atoms with Crippen molar-refractivity contribution >= 4 is 17.3 Å². The number of hydrogen-bond acceptors (Lipinski definition) is 4. The Balaban J connectivity index is 2.04. The van der Waals surface area contributed by atoms with E-state index in [9.17, 15) is 4.79 Å². The molecule has 0 heterocycles. The normalized spacial score (nSPS) is 15.5. The van der Waals surface area contributed by atoms with Gasteiger partial charge in [0.2, 0.25) is 5.91 Å². The maximum Gasteiger partial charge on any atom is 0.241 e. The molecule has 1 aliphatic rings. The second-order valence-electron chi connectivity index (χ2n) is 5.56. The Morgan fingerprint density at radius 1 is 1.57 bits per heavy atom. The first-order valence-electron chi connectivity index (χ1n) is 7.33. The summed E-state index contributed by atoms with van der Waals surface area (Å²) in [6.45, 7) is 4.43. The molecule has 1 aliphatic carbocycles. The number of anilines is 2. The number of nitrogen functional groups attached to an aromatic ring is 1. The number of nitrogens with one attached hydrogen (secondary N) is 1. The van der Waals surface area contributed by atoms with Crippen LogP contribution in [0.15, 0.2) is 18.2 Å². The van der Waals surface area contributed by atoms with Gasteiger partial charge >= 0.3 is 0 Å². The first kappa shape index (κ1) is 15.3. The second-order valence-corrected chi connectivity index (χ2v) is 5.56. The lowest BCUT2D eigenvalue weighted by atomic mass is 10.1. The third-order valence-corrected chi connectivity index (χ3v) is 4.01. The first-order chi connectivity index (χ1) is 10.0. The molecule has 112 valence electrons. The van der Waals surface area contributed by atoms with Crippen molar-refractivity contribution in [3.8, 4) is 6.07 Å². The van der Waals surface area contributed by atoms with Gasteiger partial charge in [-0.25, -0.2) is 0 Å². The van der Waals surface area contributed by atoms with E-state index in [1.54, 1.807) is 0 Å². The molecule has 2 rings (SSSR count). The topological polar surface area (TPSA) is 82.2 Å². The van der Waals surface area contributed by atoms with Crippen LogP contribution >= 0.6 is 0 Å². The molecule has 0 bridgehead atoms. The smallest absolute Gasteiger partial charge is 0.241 e. The zero-order valence-electron chi connectivity index (χ0n) is 12.6. The number of benzene rings is 1. The fourth-order valence-corrected chi connectivity index (χ4v) is 2.45. The molecule has 0 saturated heterocycles. The van der Waals surface area contributed by atoms with E-state index < -0.39 is 0 Å². The number of carbonyl (C=O) groups excluding carboxylic acids is 1. The molecule has 1 aromatic carbocycles. The summed E-state index contributed by atoms with van der Waals surface area (Å²) < 4.78 is 0. The zero-order chi connectivity index (χ0) is 15.4. The summed E-state index contributed by atoms with van der Waals surface area (Å²) in [7, 11) is 0. The number of hydrogen-bond donors (Lipinski definition) is 2. The Bertz CT molecular complexity index is 560. The predicted octanol–water partition coefficient (Wildman–Crippen LogP) is 2.28. The van der Waals surface area contributed by atoms with Crippen molar-refractivity contribution in [2.45, 2.75) is 45.2 Å². The highest BCUT2D eigenvalue weighted by molar-refractivity contribution is 5.95. The molecule has 1 fully saturated rings. The van der Waals surface area contributed by atoms with E-state index in [-0.39, 0.29) is 11.9 Å². The Labute approximate surface area is 125 Å². The van der Waals surface area contributed by atoms with Gasteiger partial charge < -0.3 is 11.1 Å². The van der Waals surface area contributed by atoms with Crippen LogP contribution in [0.3, 0.4) is 0 Å². The van der Waals surface area contributed by atoms with E-state index in [4.69, 9.17) is 11.0 Å². The van der Waals surface area contributed by atoms with Crippen molar-refractivity contribution in [2.75, 3.05) is 17.6 Å². The number of amides is 1. The molecule has 0 aliphatic heterocycles. The molecule has 5 nitrogen and oxygen atoms in total. The Kier molecular flexibility index (Phi) is 4.81.